The summed E-state index contributed by atoms with van der Waals surface area (Å²) in [6.07, 6.45) is 2.87. The summed E-state index contributed by atoms with van der Waals surface area (Å²) in [5.74, 6) is -0.0323. The molecule has 0 atom stereocenters. The van der Waals surface area contributed by atoms with Gasteiger partial charge in [0.1, 0.15) is 6.61 Å². The molecule has 3 aromatic carbocycles. The highest BCUT2D eigenvalue weighted by molar-refractivity contribution is 5.98. The first-order valence-electron chi connectivity index (χ1n) is 10.9. The van der Waals surface area contributed by atoms with Crippen LogP contribution in [0.3, 0.4) is 0 Å². The zero-order chi connectivity index (χ0) is 23.8. The Morgan fingerprint density at radius 3 is 2.21 bits per heavy atom. The summed E-state index contributed by atoms with van der Waals surface area (Å²) < 4.78 is 5.31. The van der Waals surface area contributed by atoms with Crippen LogP contribution in [0.2, 0.25) is 0 Å². The molecule has 6 heteroatoms. The number of rotatable bonds is 8. The van der Waals surface area contributed by atoms with E-state index in [1.807, 2.05) is 54.6 Å². The van der Waals surface area contributed by atoms with Crippen LogP contribution in [-0.4, -0.2) is 16.9 Å². The number of hydrogen-bond donors (Lipinski definition) is 2. The Morgan fingerprint density at radius 2 is 1.50 bits per heavy atom. The smallest absolute Gasteiger partial charge is 0.407 e. The fraction of sp³-hybridized carbons (Fsp3) is 0.107. The van der Waals surface area contributed by atoms with Crippen molar-refractivity contribution in [2.45, 2.75) is 19.6 Å². The number of nitrogen functional groups attached to an aromatic ring is 1. The summed E-state index contributed by atoms with van der Waals surface area (Å²) in [7, 11) is 0. The summed E-state index contributed by atoms with van der Waals surface area (Å²) >= 11 is 0. The van der Waals surface area contributed by atoms with Crippen molar-refractivity contribution in [2.75, 3.05) is 5.73 Å². The summed E-state index contributed by atoms with van der Waals surface area (Å²) in [5.41, 5.74) is 11.7. The predicted molar refractivity (Wildman–Crippen MR) is 132 cm³/mol. The number of Topliss-reactive ketones (excluding diaryl/α,β-unsaturated/α-hetero) is 1. The van der Waals surface area contributed by atoms with Gasteiger partial charge in [-0.05, 0) is 33.9 Å². The quantitative estimate of drug-likeness (QED) is 0.360. The van der Waals surface area contributed by atoms with Gasteiger partial charge in [0.2, 0.25) is 0 Å². The van der Waals surface area contributed by atoms with E-state index in [1.165, 1.54) is 6.20 Å². The number of amides is 1. The zero-order valence-electron chi connectivity index (χ0n) is 18.6. The lowest BCUT2D eigenvalue weighted by molar-refractivity contribution is 0.0993. The minimum atomic E-state index is -0.500. The second kappa shape index (κ2) is 10.9. The zero-order valence-corrected chi connectivity index (χ0v) is 18.6. The van der Waals surface area contributed by atoms with E-state index in [-0.39, 0.29) is 18.8 Å². The van der Waals surface area contributed by atoms with Gasteiger partial charge in [0.25, 0.3) is 0 Å². The molecule has 0 aliphatic rings. The van der Waals surface area contributed by atoms with E-state index in [2.05, 4.69) is 22.4 Å². The molecule has 0 saturated heterocycles. The monoisotopic (exact) mass is 451 g/mol. The molecule has 0 aliphatic heterocycles. The number of pyridine rings is 1. The minimum absolute atomic E-state index is 0.0323. The highest BCUT2D eigenvalue weighted by Gasteiger charge is 2.10. The van der Waals surface area contributed by atoms with E-state index in [9.17, 15) is 9.59 Å². The third-order valence-corrected chi connectivity index (χ3v) is 5.44. The molecule has 0 saturated carbocycles. The van der Waals surface area contributed by atoms with Gasteiger partial charge >= 0.3 is 6.09 Å². The van der Waals surface area contributed by atoms with Gasteiger partial charge in [0.15, 0.2) is 5.78 Å². The molecule has 4 aromatic rings. The third kappa shape index (κ3) is 6.07. The van der Waals surface area contributed by atoms with Gasteiger partial charge in [-0.3, -0.25) is 9.78 Å². The van der Waals surface area contributed by atoms with Crippen LogP contribution < -0.4 is 11.1 Å². The second-order valence-electron chi connectivity index (χ2n) is 7.86. The Kier molecular flexibility index (Phi) is 7.30. The van der Waals surface area contributed by atoms with Crippen molar-refractivity contribution in [1.82, 2.24) is 10.3 Å². The number of nitrogens with two attached hydrogens (primary N) is 1. The maximum absolute atomic E-state index is 12.5. The number of ketones is 1. The van der Waals surface area contributed by atoms with Gasteiger partial charge in [-0.1, -0.05) is 78.9 Å². The number of anilines is 1. The normalized spacial score (nSPS) is 10.5. The van der Waals surface area contributed by atoms with E-state index in [0.29, 0.717) is 17.8 Å². The molecule has 0 spiro atoms. The largest absolute Gasteiger partial charge is 0.445 e. The van der Waals surface area contributed by atoms with Crippen LogP contribution in [0.15, 0.2) is 97.3 Å². The standard InChI is InChI=1S/C28H25N3O3/c29-26-18-30-15-14-25(26)16-27(32)24-12-6-20(7-13-24)17-31-28(33)34-19-21-8-10-23(11-9-21)22-4-2-1-3-5-22/h1-15,18H,16-17,19,29H2,(H,31,33). The van der Waals surface area contributed by atoms with Crippen LogP contribution >= 0.6 is 0 Å². The Bertz CT molecular complexity index is 1250. The number of nitrogens with zero attached hydrogens (tertiary/aromatic N) is 1. The number of hydrogen-bond acceptors (Lipinski definition) is 5. The molecule has 0 bridgehead atoms. The fourth-order valence-electron chi connectivity index (χ4n) is 3.48. The molecular formula is C28H25N3O3. The number of carbonyl (C=O) groups excluding carboxylic acids is 2. The molecule has 3 N–H and O–H groups in total. The average Bonchev–Trinajstić information content (AvgIpc) is 2.88. The van der Waals surface area contributed by atoms with E-state index >= 15 is 0 Å². The lowest BCUT2D eigenvalue weighted by Crippen LogP contribution is -2.23. The Labute approximate surface area is 198 Å². The van der Waals surface area contributed by atoms with E-state index in [0.717, 1.165) is 27.8 Å². The van der Waals surface area contributed by atoms with Gasteiger partial charge in [-0.25, -0.2) is 4.79 Å². The molecule has 6 nitrogen and oxygen atoms in total. The number of alkyl carbamates (subject to hydrolysis) is 1. The van der Waals surface area contributed by atoms with E-state index in [1.54, 1.807) is 24.4 Å². The number of aromatic nitrogens is 1. The van der Waals surface area contributed by atoms with Crippen LogP contribution in [0.4, 0.5) is 10.5 Å². The van der Waals surface area contributed by atoms with Crippen LogP contribution in [0, 0.1) is 0 Å². The summed E-state index contributed by atoms with van der Waals surface area (Å²) in [5, 5.41) is 2.73. The van der Waals surface area contributed by atoms with Crippen LogP contribution in [0.1, 0.15) is 27.0 Å². The molecule has 4 rings (SSSR count). The maximum Gasteiger partial charge on any atom is 0.407 e. The first-order chi connectivity index (χ1) is 16.6. The number of nitrogens with one attached hydrogen (secondary N) is 1. The summed E-state index contributed by atoms with van der Waals surface area (Å²) in [6.45, 7) is 0.490. The molecule has 34 heavy (non-hydrogen) atoms. The van der Waals surface area contributed by atoms with Gasteiger partial charge in [-0.2, -0.15) is 0 Å². The van der Waals surface area contributed by atoms with Gasteiger partial charge in [0, 0.05) is 24.7 Å². The van der Waals surface area contributed by atoms with Crippen LogP contribution in [0.25, 0.3) is 11.1 Å². The lowest BCUT2D eigenvalue weighted by atomic mass is 10.0. The molecule has 0 aliphatic carbocycles. The molecule has 1 aromatic heterocycles. The summed E-state index contributed by atoms with van der Waals surface area (Å²) in [6, 6.07) is 26.9. The first kappa shape index (κ1) is 22.7. The third-order valence-electron chi connectivity index (χ3n) is 5.44. The van der Waals surface area contributed by atoms with Crippen molar-refractivity contribution in [3.05, 3.63) is 120 Å². The Hall–Kier alpha value is -4.45. The van der Waals surface area contributed by atoms with E-state index in [4.69, 9.17) is 10.5 Å². The SMILES string of the molecule is Nc1cnccc1CC(=O)c1ccc(CNC(=O)OCc2ccc(-c3ccccc3)cc2)cc1. The predicted octanol–water partition coefficient (Wildman–Crippen LogP) is 5.18. The fourth-order valence-corrected chi connectivity index (χ4v) is 3.48. The number of carbonyl (C=O) groups is 2. The number of benzene rings is 3. The molecule has 170 valence electrons. The van der Waals surface area contributed by atoms with Crippen LogP contribution in [-0.2, 0) is 24.3 Å². The first-order valence-corrected chi connectivity index (χ1v) is 10.9. The molecule has 0 radical (unpaired) electrons. The van der Waals surface area contributed by atoms with E-state index < -0.39 is 6.09 Å². The van der Waals surface area contributed by atoms with Gasteiger partial charge < -0.3 is 15.8 Å². The van der Waals surface area contributed by atoms with Gasteiger partial charge in [0.05, 0.1) is 11.9 Å². The van der Waals surface area contributed by atoms with Crippen molar-refractivity contribution < 1.29 is 14.3 Å². The van der Waals surface area contributed by atoms with Crippen molar-refractivity contribution >= 4 is 17.6 Å². The van der Waals surface area contributed by atoms with Crippen molar-refractivity contribution in [1.29, 1.82) is 0 Å². The topological polar surface area (TPSA) is 94.3 Å². The Morgan fingerprint density at radius 1 is 0.824 bits per heavy atom. The molecule has 0 unspecified atom stereocenters. The lowest BCUT2D eigenvalue weighted by Gasteiger charge is -2.09. The summed E-state index contributed by atoms with van der Waals surface area (Å²) in [4.78, 5) is 28.5. The highest BCUT2D eigenvalue weighted by atomic mass is 16.5. The molecular weight excluding hydrogens is 426 g/mol. The van der Waals surface area contributed by atoms with Crippen molar-refractivity contribution in [2.24, 2.45) is 0 Å². The molecule has 0 fully saturated rings. The maximum atomic E-state index is 12.5. The van der Waals surface area contributed by atoms with Gasteiger partial charge in [-0.15, -0.1) is 0 Å². The van der Waals surface area contributed by atoms with Crippen molar-refractivity contribution in [3.63, 3.8) is 0 Å². The van der Waals surface area contributed by atoms with Crippen LogP contribution in [0.5, 0.6) is 0 Å². The number of ether oxygens (including phenoxy) is 1. The highest BCUT2D eigenvalue weighted by Crippen LogP contribution is 2.19. The van der Waals surface area contributed by atoms with Crippen molar-refractivity contribution in [3.8, 4) is 11.1 Å². The Balaban J connectivity index is 1.23. The molecule has 1 heterocycles. The second-order valence-corrected chi connectivity index (χ2v) is 7.86. The average molecular weight is 452 g/mol. The minimum Gasteiger partial charge on any atom is -0.445 e. The molecule has 1 amide bonds.